The number of aromatic hydroxyl groups is 1. The molecule has 2 bridgehead atoms. The fraction of sp³-hybridized carbons (Fsp3) is 0.393. The standard InChI is InChI=1S/C28H28N2O8/c1-35-26(33)10-20(17-5-6-23-24(8-17)37-15-36-23)28-27(34)22(31)9-19(38-28)14-29-11-16-7-18(13-29)21-3-2-4-25(32)30(21)12-16/h2-6,8-9,16,18,20,34H,7,10-15H2,1H3/t16-,18+,20?/m1/s1. The maximum atomic E-state index is 12.9. The molecule has 1 unspecified atom stereocenters. The minimum atomic E-state index is -0.774. The van der Waals surface area contributed by atoms with Gasteiger partial charge in [-0.3, -0.25) is 19.3 Å². The van der Waals surface area contributed by atoms with Gasteiger partial charge in [-0.15, -0.1) is 0 Å². The molecule has 2 aromatic heterocycles. The van der Waals surface area contributed by atoms with Gasteiger partial charge in [0, 0.05) is 43.4 Å². The fourth-order valence-corrected chi connectivity index (χ4v) is 5.96. The Labute approximate surface area is 218 Å². The van der Waals surface area contributed by atoms with Crippen LogP contribution in [0.1, 0.15) is 47.5 Å². The number of esters is 1. The number of rotatable bonds is 6. The molecule has 3 aromatic rings. The molecular formula is C28H28N2O8. The van der Waals surface area contributed by atoms with Crippen molar-refractivity contribution in [2.24, 2.45) is 5.92 Å². The van der Waals surface area contributed by atoms with Crippen LogP contribution in [0.2, 0.25) is 0 Å². The molecule has 3 aliphatic rings. The van der Waals surface area contributed by atoms with E-state index in [4.69, 9.17) is 18.6 Å². The maximum Gasteiger partial charge on any atom is 0.306 e. The molecule has 0 spiro atoms. The number of pyridine rings is 1. The van der Waals surface area contributed by atoms with E-state index in [0.717, 1.165) is 18.7 Å². The average Bonchev–Trinajstić information content (AvgIpc) is 3.38. The van der Waals surface area contributed by atoms with Crippen molar-refractivity contribution < 1.29 is 28.5 Å². The molecule has 198 valence electrons. The van der Waals surface area contributed by atoms with E-state index in [1.54, 1.807) is 30.3 Å². The highest BCUT2D eigenvalue weighted by Crippen LogP contribution is 2.40. The summed E-state index contributed by atoms with van der Waals surface area (Å²) in [7, 11) is 1.28. The highest BCUT2D eigenvalue weighted by atomic mass is 16.7. The van der Waals surface area contributed by atoms with Crippen molar-refractivity contribution in [1.82, 2.24) is 9.47 Å². The van der Waals surface area contributed by atoms with Gasteiger partial charge in [-0.1, -0.05) is 12.1 Å². The molecule has 1 fully saturated rings. The molecule has 38 heavy (non-hydrogen) atoms. The Morgan fingerprint density at radius 1 is 1.11 bits per heavy atom. The van der Waals surface area contributed by atoms with Crippen molar-refractivity contribution in [2.45, 2.75) is 37.8 Å². The van der Waals surface area contributed by atoms with Gasteiger partial charge in [0.15, 0.2) is 17.3 Å². The van der Waals surface area contributed by atoms with E-state index in [2.05, 4.69) is 4.90 Å². The van der Waals surface area contributed by atoms with Crippen LogP contribution in [-0.4, -0.2) is 47.5 Å². The predicted molar refractivity (Wildman–Crippen MR) is 135 cm³/mol. The lowest BCUT2D eigenvalue weighted by Crippen LogP contribution is -2.46. The van der Waals surface area contributed by atoms with Gasteiger partial charge in [0.1, 0.15) is 5.76 Å². The summed E-state index contributed by atoms with van der Waals surface area (Å²) in [4.78, 5) is 39.7. The third kappa shape index (κ3) is 4.45. The number of hydrogen-bond donors (Lipinski definition) is 1. The van der Waals surface area contributed by atoms with Gasteiger partial charge < -0.3 is 28.3 Å². The number of likely N-dealkylation sites (tertiary alicyclic amines) is 1. The molecule has 0 saturated carbocycles. The molecule has 0 amide bonds. The molecule has 3 atom stereocenters. The molecule has 0 aliphatic carbocycles. The number of nitrogens with zero attached hydrogens (tertiary/aromatic N) is 2. The smallest absolute Gasteiger partial charge is 0.306 e. The van der Waals surface area contributed by atoms with Gasteiger partial charge in [-0.25, -0.2) is 0 Å². The molecule has 6 rings (SSSR count). The lowest BCUT2D eigenvalue weighted by Gasteiger charge is -2.42. The minimum absolute atomic E-state index is 0.00543. The number of aromatic nitrogens is 1. The minimum Gasteiger partial charge on any atom is -0.502 e. The van der Waals surface area contributed by atoms with E-state index in [1.165, 1.54) is 13.2 Å². The van der Waals surface area contributed by atoms with E-state index in [-0.39, 0.29) is 30.5 Å². The van der Waals surface area contributed by atoms with E-state index >= 15 is 0 Å². The summed E-state index contributed by atoms with van der Waals surface area (Å²) in [6.07, 6.45) is 0.867. The first kappa shape index (κ1) is 24.3. The Bertz CT molecular complexity index is 1510. The number of carbonyl (C=O) groups excluding carboxylic acids is 1. The first-order chi connectivity index (χ1) is 18.4. The first-order valence-electron chi connectivity index (χ1n) is 12.6. The van der Waals surface area contributed by atoms with E-state index in [9.17, 15) is 19.5 Å². The van der Waals surface area contributed by atoms with Crippen LogP contribution < -0.4 is 20.5 Å². The Morgan fingerprint density at radius 2 is 1.95 bits per heavy atom. The number of carbonyl (C=O) groups is 1. The number of benzene rings is 1. The van der Waals surface area contributed by atoms with Crippen LogP contribution in [0.3, 0.4) is 0 Å². The first-order valence-corrected chi connectivity index (χ1v) is 12.6. The van der Waals surface area contributed by atoms with Crippen LogP contribution in [-0.2, 0) is 22.6 Å². The van der Waals surface area contributed by atoms with Crippen LogP contribution in [0.25, 0.3) is 0 Å². The SMILES string of the molecule is COC(=O)CC(c1ccc2c(c1)OCO2)c1oc(CN2C[C@H]3C[C@@H](C2)c2cccc(=O)n2C3)cc(=O)c1O. The van der Waals surface area contributed by atoms with Crippen LogP contribution in [0.4, 0.5) is 0 Å². The van der Waals surface area contributed by atoms with Gasteiger partial charge in [-0.05, 0) is 36.1 Å². The third-order valence-electron chi connectivity index (χ3n) is 7.65. The summed E-state index contributed by atoms with van der Waals surface area (Å²) in [5, 5.41) is 10.7. The Balaban J connectivity index is 1.31. The number of ether oxygens (including phenoxy) is 3. The Hall–Kier alpha value is -4.05. The zero-order chi connectivity index (χ0) is 26.4. The average molecular weight is 521 g/mol. The molecule has 10 heteroatoms. The monoisotopic (exact) mass is 520 g/mol. The van der Waals surface area contributed by atoms with Gasteiger partial charge in [0.05, 0.1) is 26.0 Å². The normalized spacial score (nSPS) is 20.6. The van der Waals surface area contributed by atoms with Crippen LogP contribution in [0.15, 0.2) is 56.5 Å². The summed E-state index contributed by atoms with van der Waals surface area (Å²) in [5.74, 6) is 0.172. The topological polar surface area (TPSA) is 120 Å². The molecule has 5 heterocycles. The number of piperidine rings is 1. The zero-order valence-electron chi connectivity index (χ0n) is 20.9. The summed E-state index contributed by atoms with van der Waals surface area (Å²) in [6, 6.07) is 11.9. The number of fused-ring (bicyclic) bond motifs is 5. The van der Waals surface area contributed by atoms with Crippen molar-refractivity contribution in [3.05, 3.63) is 85.8 Å². The lowest BCUT2D eigenvalue weighted by molar-refractivity contribution is -0.140. The molecule has 10 nitrogen and oxygen atoms in total. The van der Waals surface area contributed by atoms with Gasteiger partial charge in [0.2, 0.25) is 18.0 Å². The van der Waals surface area contributed by atoms with Crippen molar-refractivity contribution in [3.8, 4) is 17.2 Å². The molecule has 1 aromatic carbocycles. The molecule has 0 radical (unpaired) electrons. The predicted octanol–water partition coefficient (Wildman–Crippen LogP) is 2.55. The van der Waals surface area contributed by atoms with Crippen LogP contribution in [0.5, 0.6) is 17.2 Å². The van der Waals surface area contributed by atoms with Gasteiger partial charge in [-0.2, -0.15) is 0 Å². The van der Waals surface area contributed by atoms with Crippen LogP contribution in [0, 0.1) is 5.92 Å². The van der Waals surface area contributed by atoms with Crippen molar-refractivity contribution in [1.29, 1.82) is 0 Å². The van der Waals surface area contributed by atoms with Gasteiger partial charge >= 0.3 is 5.97 Å². The van der Waals surface area contributed by atoms with Crippen molar-refractivity contribution >= 4 is 5.97 Å². The highest BCUT2D eigenvalue weighted by molar-refractivity contribution is 5.71. The zero-order valence-corrected chi connectivity index (χ0v) is 20.9. The second-order valence-electron chi connectivity index (χ2n) is 10.1. The van der Waals surface area contributed by atoms with Crippen molar-refractivity contribution in [3.63, 3.8) is 0 Å². The Kier molecular flexibility index (Phi) is 6.19. The quantitative estimate of drug-likeness (QED) is 0.489. The summed E-state index contributed by atoms with van der Waals surface area (Å²) < 4.78 is 23.8. The number of methoxy groups -OCH3 is 1. The third-order valence-corrected chi connectivity index (χ3v) is 7.65. The molecule has 3 aliphatic heterocycles. The van der Waals surface area contributed by atoms with E-state index < -0.39 is 23.1 Å². The van der Waals surface area contributed by atoms with Gasteiger partial charge in [0.25, 0.3) is 5.56 Å². The van der Waals surface area contributed by atoms with Crippen molar-refractivity contribution in [2.75, 3.05) is 27.0 Å². The largest absolute Gasteiger partial charge is 0.502 e. The summed E-state index contributed by atoms with van der Waals surface area (Å²) in [5.41, 5.74) is 1.10. The van der Waals surface area contributed by atoms with E-state index in [1.807, 2.05) is 10.6 Å². The summed E-state index contributed by atoms with van der Waals surface area (Å²) >= 11 is 0. The molecule has 1 N–H and O–H groups in total. The fourth-order valence-electron chi connectivity index (χ4n) is 5.96. The molecular weight excluding hydrogens is 492 g/mol. The highest BCUT2D eigenvalue weighted by Gasteiger charge is 2.35. The second-order valence-corrected chi connectivity index (χ2v) is 10.1. The second kappa shape index (κ2) is 9.68. The van der Waals surface area contributed by atoms with E-state index in [0.29, 0.717) is 48.4 Å². The lowest BCUT2D eigenvalue weighted by atomic mass is 9.83. The Morgan fingerprint density at radius 3 is 2.79 bits per heavy atom. The molecule has 1 saturated heterocycles. The van der Waals surface area contributed by atoms with Crippen LogP contribution >= 0.6 is 0 Å². The maximum absolute atomic E-state index is 12.9. The summed E-state index contributed by atoms with van der Waals surface area (Å²) in [6.45, 7) is 2.59. The number of hydrogen-bond acceptors (Lipinski definition) is 9.